The lowest BCUT2D eigenvalue weighted by Gasteiger charge is -2.33. The molecule has 1 heterocycles. The third-order valence-corrected chi connectivity index (χ3v) is 4.32. The van der Waals surface area contributed by atoms with Crippen LogP contribution >= 0.6 is 0 Å². The summed E-state index contributed by atoms with van der Waals surface area (Å²) < 4.78 is 10.7. The maximum Gasteiger partial charge on any atom is 0.236 e. The van der Waals surface area contributed by atoms with Crippen LogP contribution in [-0.2, 0) is 14.3 Å². The van der Waals surface area contributed by atoms with E-state index in [2.05, 4.69) is 5.16 Å². The van der Waals surface area contributed by atoms with Crippen molar-refractivity contribution in [1.82, 2.24) is 4.90 Å². The second-order valence-corrected chi connectivity index (χ2v) is 5.03. The van der Waals surface area contributed by atoms with Crippen molar-refractivity contribution in [3.63, 3.8) is 0 Å². The summed E-state index contributed by atoms with van der Waals surface area (Å²) in [5, 5.41) is 12.0. The van der Waals surface area contributed by atoms with Crippen LogP contribution in [0.1, 0.15) is 26.7 Å². The summed E-state index contributed by atoms with van der Waals surface area (Å²) in [6.07, 6.45) is 0.652. The van der Waals surface area contributed by atoms with Gasteiger partial charge in [-0.25, -0.2) is 0 Å². The number of amidine groups is 1. The van der Waals surface area contributed by atoms with Gasteiger partial charge in [-0.05, 0) is 12.8 Å². The van der Waals surface area contributed by atoms with Gasteiger partial charge in [0, 0.05) is 27.3 Å². The maximum atomic E-state index is 12.8. The van der Waals surface area contributed by atoms with Crippen LogP contribution in [0.5, 0.6) is 0 Å². The Morgan fingerprint density at radius 1 is 1.30 bits per heavy atom. The van der Waals surface area contributed by atoms with Gasteiger partial charge in [0.15, 0.2) is 5.84 Å². The summed E-state index contributed by atoms with van der Waals surface area (Å²) in [7, 11) is 3.20. The first-order valence-electron chi connectivity index (χ1n) is 6.83. The monoisotopic (exact) mass is 287 g/mol. The summed E-state index contributed by atoms with van der Waals surface area (Å²) in [6, 6.07) is 0. The second kappa shape index (κ2) is 6.90. The molecule has 0 aromatic rings. The molecule has 0 radical (unpaired) electrons. The number of nitrogens with zero attached hydrogens (tertiary/aromatic N) is 2. The Morgan fingerprint density at radius 3 is 2.05 bits per heavy atom. The molecule has 20 heavy (non-hydrogen) atoms. The molecule has 1 amide bonds. The number of rotatable bonds is 6. The lowest BCUT2D eigenvalue weighted by molar-refractivity contribution is -0.138. The van der Waals surface area contributed by atoms with E-state index in [1.165, 1.54) is 0 Å². The van der Waals surface area contributed by atoms with Gasteiger partial charge in [-0.3, -0.25) is 4.79 Å². The molecular weight excluding hydrogens is 262 g/mol. The quantitative estimate of drug-likeness (QED) is 0.319. The van der Waals surface area contributed by atoms with E-state index in [0.29, 0.717) is 25.9 Å². The molecule has 2 atom stereocenters. The molecule has 116 valence electrons. The molecule has 1 rings (SSSR count). The van der Waals surface area contributed by atoms with Crippen molar-refractivity contribution < 1.29 is 19.5 Å². The van der Waals surface area contributed by atoms with Crippen LogP contribution in [-0.4, -0.2) is 61.4 Å². The number of likely N-dealkylation sites (tertiary alicyclic amines) is 1. The fourth-order valence-electron chi connectivity index (χ4n) is 2.79. The predicted octanol–water partition coefficient (Wildman–Crippen LogP) is 0.411. The minimum atomic E-state index is -0.963. The zero-order valence-corrected chi connectivity index (χ0v) is 12.6. The van der Waals surface area contributed by atoms with E-state index >= 15 is 0 Å². The summed E-state index contributed by atoms with van der Waals surface area (Å²) >= 11 is 0. The largest absolute Gasteiger partial charge is 0.409 e. The molecule has 0 aliphatic carbocycles. The molecule has 7 heteroatoms. The topological polar surface area (TPSA) is 97.4 Å². The molecule has 0 aromatic carbocycles. The zero-order valence-electron chi connectivity index (χ0n) is 12.6. The molecule has 0 aromatic heterocycles. The maximum absolute atomic E-state index is 12.8. The van der Waals surface area contributed by atoms with Crippen LogP contribution in [0.25, 0.3) is 0 Å². The highest BCUT2D eigenvalue weighted by Gasteiger charge is 2.46. The first-order valence-corrected chi connectivity index (χ1v) is 6.83. The third-order valence-electron chi connectivity index (χ3n) is 4.32. The molecular formula is C13H25N3O4. The van der Waals surface area contributed by atoms with Crippen molar-refractivity contribution in [3.8, 4) is 0 Å². The zero-order chi connectivity index (χ0) is 15.3. The minimum absolute atomic E-state index is 0.0395. The lowest BCUT2D eigenvalue weighted by atomic mass is 9.79. The summed E-state index contributed by atoms with van der Waals surface area (Å²) in [5.74, 6) is -0.179. The highest BCUT2D eigenvalue weighted by atomic mass is 16.5. The van der Waals surface area contributed by atoms with Gasteiger partial charge in [0.1, 0.15) is 17.6 Å². The number of methoxy groups -OCH3 is 2. The Kier molecular flexibility index (Phi) is 5.76. The molecule has 0 spiro atoms. The highest BCUT2D eigenvalue weighted by Crippen LogP contribution is 2.31. The number of oxime groups is 1. The van der Waals surface area contributed by atoms with Gasteiger partial charge in [0.25, 0.3) is 0 Å². The van der Waals surface area contributed by atoms with E-state index in [9.17, 15) is 4.79 Å². The van der Waals surface area contributed by atoms with Crippen molar-refractivity contribution in [2.45, 2.75) is 38.9 Å². The van der Waals surface area contributed by atoms with Crippen molar-refractivity contribution in [2.75, 3.05) is 27.3 Å². The van der Waals surface area contributed by atoms with E-state index in [-0.39, 0.29) is 24.0 Å². The Labute approximate surface area is 119 Å². The minimum Gasteiger partial charge on any atom is -0.409 e. The van der Waals surface area contributed by atoms with Crippen LogP contribution < -0.4 is 5.73 Å². The van der Waals surface area contributed by atoms with Crippen LogP contribution in [0.4, 0.5) is 0 Å². The van der Waals surface area contributed by atoms with Crippen molar-refractivity contribution in [3.05, 3.63) is 0 Å². The van der Waals surface area contributed by atoms with E-state index in [0.717, 1.165) is 0 Å². The van der Waals surface area contributed by atoms with Crippen LogP contribution in [0.3, 0.4) is 0 Å². The Bertz CT molecular complexity index is 357. The number of hydrogen-bond acceptors (Lipinski definition) is 5. The third kappa shape index (κ3) is 2.73. The highest BCUT2D eigenvalue weighted by molar-refractivity contribution is 6.06. The molecule has 0 bridgehead atoms. The Hall–Kier alpha value is -1.34. The first-order chi connectivity index (χ1) is 9.50. The van der Waals surface area contributed by atoms with Crippen LogP contribution in [0, 0.1) is 5.41 Å². The van der Waals surface area contributed by atoms with E-state index in [4.69, 9.17) is 20.4 Å². The number of carbonyl (C=O) groups excluding carboxylic acids is 1. The van der Waals surface area contributed by atoms with E-state index < -0.39 is 5.41 Å². The molecule has 7 nitrogen and oxygen atoms in total. The Morgan fingerprint density at radius 2 is 1.75 bits per heavy atom. The predicted molar refractivity (Wildman–Crippen MR) is 74.6 cm³/mol. The van der Waals surface area contributed by atoms with Gasteiger partial charge in [-0.2, -0.15) is 0 Å². The van der Waals surface area contributed by atoms with Gasteiger partial charge < -0.3 is 25.3 Å². The molecule has 0 saturated carbocycles. The smallest absolute Gasteiger partial charge is 0.236 e. The fourth-order valence-corrected chi connectivity index (χ4v) is 2.79. The standard InChI is InChI=1S/C13H25N3O4/c1-5-13(6-2,11(14)15-18)12(17)16-7-9(19-3)10(8-16)20-4/h9-10,18H,5-8H2,1-4H3,(H2,14,15). The molecule has 1 aliphatic rings. The molecule has 1 aliphatic heterocycles. The molecule has 3 N–H and O–H groups in total. The first kappa shape index (κ1) is 16.7. The van der Waals surface area contributed by atoms with E-state index in [1.54, 1.807) is 19.1 Å². The lowest BCUT2D eigenvalue weighted by Crippen LogP contribution is -2.50. The number of carbonyl (C=O) groups is 1. The van der Waals surface area contributed by atoms with Crippen molar-refractivity contribution >= 4 is 11.7 Å². The molecule has 1 saturated heterocycles. The average molecular weight is 287 g/mol. The summed E-state index contributed by atoms with van der Waals surface area (Å²) in [5.41, 5.74) is 4.80. The summed E-state index contributed by atoms with van der Waals surface area (Å²) in [6.45, 7) is 4.62. The van der Waals surface area contributed by atoms with Gasteiger partial charge in [-0.1, -0.05) is 19.0 Å². The normalized spacial score (nSPS) is 24.2. The van der Waals surface area contributed by atoms with Gasteiger partial charge in [0.2, 0.25) is 5.91 Å². The van der Waals surface area contributed by atoms with Crippen LogP contribution in [0.15, 0.2) is 5.16 Å². The Balaban J connectivity index is 2.98. The number of amides is 1. The SMILES string of the molecule is CCC(CC)(C(=O)N1CC(OC)C(OC)C1)C(N)=NO. The number of hydrogen-bond donors (Lipinski definition) is 2. The van der Waals surface area contributed by atoms with Crippen molar-refractivity contribution in [2.24, 2.45) is 16.3 Å². The summed E-state index contributed by atoms with van der Waals surface area (Å²) in [4.78, 5) is 14.5. The van der Waals surface area contributed by atoms with Gasteiger partial charge >= 0.3 is 0 Å². The van der Waals surface area contributed by atoms with Crippen LogP contribution in [0.2, 0.25) is 0 Å². The number of nitrogens with two attached hydrogens (primary N) is 1. The van der Waals surface area contributed by atoms with E-state index in [1.807, 2.05) is 13.8 Å². The molecule has 2 unspecified atom stereocenters. The number of ether oxygens (including phenoxy) is 2. The molecule has 1 fully saturated rings. The van der Waals surface area contributed by atoms with Gasteiger partial charge in [-0.15, -0.1) is 0 Å². The average Bonchev–Trinajstić information content (AvgIpc) is 2.91. The second-order valence-electron chi connectivity index (χ2n) is 5.03. The fraction of sp³-hybridized carbons (Fsp3) is 0.846. The van der Waals surface area contributed by atoms with Crippen molar-refractivity contribution in [1.29, 1.82) is 0 Å². The van der Waals surface area contributed by atoms with Gasteiger partial charge in [0.05, 0.1) is 0 Å².